The second-order valence-electron chi connectivity index (χ2n) is 11.4. The van der Waals surface area contributed by atoms with E-state index in [1.165, 1.54) is 16.7 Å². The van der Waals surface area contributed by atoms with E-state index in [0.29, 0.717) is 33.9 Å². The summed E-state index contributed by atoms with van der Waals surface area (Å²) >= 11 is 0.979. The van der Waals surface area contributed by atoms with Crippen molar-refractivity contribution in [3.8, 4) is 51.0 Å². The largest absolute Gasteiger partial charge is 0.308 e. The van der Waals surface area contributed by atoms with Crippen molar-refractivity contribution in [3.05, 3.63) is 170 Å². The molecule has 0 bridgehead atoms. The van der Waals surface area contributed by atoms with Gasteiger partial charge in [-0.25, -0.2) is 15.0 Å². The molecule has 0 aliphatic heterocycles. The number of fused-ring (bicyclic) bond motifs is 6. The number of hydrogen-bond donors (Lipinski definition) is 0. The van der Waals surface area contributed by atoms with E-state index in [2.05, 4.69) is 0 Å². The summed E-state index contributed by atoms with van der Waals surface area (Å²) in [6, 6.07) is 21.4. The highest BCUT2D eigenvalue weighted by molar-refractivity contribution is 7.26. The van der Waals surface area contributed by atoms with E-state index < -0.39 is 18.1 Å². The molecule has 0 saturated heterocycles. The molecule has 3 aromatic heterocycles. The van der Waals surface area contributed by atoms with Gasteiger partial charge >= 0.3 is 0 Å². The molecular formula is C45H28N4S. The molecule has 50 heavy (non-hydrogen) atoms. The maximum Gasteiger partial charge on any atom is 0.166 e. The van der Waals surface area contributed by atoms with Gasteiger partial charge in [0.1, 0.15) is 0 Å². The topological polar surface area (TPSA) is 43.6 Å². The molecule has 10 rings (SSSR count). The van der Waals surface area contributed by atoms with Crippen LogP contribution in [0.15, 0.2) is 170 Å². The molecule has 0 saturated carbocycles. The zero-order valence-electron chi connectivity index (χ0n) is 38.9. The number of aromatic nitrogens is 4. The van der Waals surface area contributed by atoms with Gasteiger partial charge in [-0.2, -0.15) is 0 Å². The Kier molecular flexibility index (Phi) is 4.27. The summed E-state index contributed by atoms with van der Waals surface area (Å²) in [5.41, 5.74) is 2.42. The number of rotatable bonds is 5. The van der Waals surface area contributed by atoms with Crippen LogP contribution in [-0.2, 0) is 0 Å². The van der Waals surface area contributed by atoms with Crippen LogP contribution in [0.5, 0.6) is 0 Å². The van der Waals surface area contributed by atoms with Gasteiger partial charge in [0.15, 0.2) is 17.5 Å². The van der Waals surface area contributed by atoms with Crippen LogP contribution in [0.4, 0.5) is 0 Å². The van der Waals surface area contributed by atoms with Crippen molar-refractivity contribution in [3.63, 3.8) is 0 Å². The summed E-state index contributed by atoms with van der Waals surface area (Å²) in [6.07, 6.45) is 0. The average molecular weight is 670 g/mol. The molecule has 0 atom stereocenters. The molecule has 234 valence electrons. The Bertz CT molecular complexity index is 3480. The minimum absolute atomic E-state index is 0.0143. The molecule has 0 N–H and O–H groups in total. The Balaban J connectivity index is 1.39. The van der Waals surface area contributed by atoms with Crippen molar-refractivity contribution in [2.75, 3.05) is 0 Å². The molecule has 0 unspecified atom stereocenters. The minimum Gasteiger partial charge on any atom is -0.308 e. The molecule has 0 aliphatic carbocycles. The first kappa shape index (κ1) is 18.4. The summed E-state index contributed by atoms with van der Waals surface area (Å²) < 4.78 is 117. The van der Waals surface area contributed by atoms with Crippen LogP contribution >= 0.6 is 11.3 Å². The summed E-state index contributed by atoms with van der Waals surface area (Å²) in [4.78, 5) is 14.8. The maximum atomic E-state index is 9.30. The Morgan fingerprint density at radius 2 is 1.06 bits per heavy atom. The Morgan fingerprint density at radius 1 is 0.460 bits per heavy atom. The fourth-order valence-electron chi connectivity index (χ4n) is 6.28. The predicted molar refractivity (Wildman–Crippen MR) is 209 cm³/mol. The van der Waals surface area contributed by atoms with E-state index in [-0.39, 0.29) is 119 Å². The fraction of sp³-hybridized carbons (Fsp3) is 0. The highest BCUT2D eigenvalue weighted by Crippen LogP contribution is 2.42. The number of nitrogens with zero attached hydrogens (tertiary/aromatic N) is 4. The molecule has 0 aliphatic rings. The third-order valence-electron chi connectivity index (χ3n) is 8.53. The van der Waals surface area contributed by atoms with Crippen molar-refractivity contribution < 1.29 is 17.8 Å². The van der Waals surface area contributed by atoms with Crippen molar-refractivity contribution in [2.45, 2.75) is 0 Å². The summed E-state index contributed by atoms with van der Waals surface area (Å²) in [5.74, 6) is 0.793. The van der Waals surface area contributed by atoms with Crippen LogP contribution in [0.3, 0.4) is 0 Å². The van der Waals surface area contributed by atoms with Crippen molar-refractivity contribution in [2.24, 2.45) is 0 Å². The Labute approximate surface area is 310 Å². The predicted octanol–water partition coefficient (Wildman–Crippen LogP) is 12.0. The SMILES string of the molecule is [2H]c1cc([2H])c2c(c1[2H])c1c([2H])c([2H])cc([2H])c1n2-c1cc(-c2c([2H])c([2H])c([2H])c3c2sc2c([2H])c([2H])c([2H])c([2H])c23)ccc1-c1nc(-c2ccccc2)nc(-c2ccccc2)n1. The Morgan fingerprint density at radius 3 is 1.74 bits per heavy atom. The number of hydrogen-bond acceptors (Lipinski definition) is 4. The third kappa shape index (κ3) is 4.63. The first-order valence-electron chi connectivity index (χ1n) is 22.1. The second-order valence-corrected chi connectivity index (χ2v) is 12.4. The van der Waals surface area contributed by atoms with Crippen LogP contribution in [0.25, 0.3) is 93.0 Å². The van der Waals surface area contributed by atoms with E-state index in [9.17, 15) is 4.11 Å². The van der Waals surface area contributed by atoms with Gasteiger partial charge in [-0.05, 0) is 41.4 Å². The van der Waals surface area contributed by atoms with Crippen LogP contribution < -0.4 is 0 Å². The second kappa shape index (κ2) is 11.6. The van der Waals surface area contributed by atoms with Gasteiger partial charge in [0, 0.05) is 47.6 Å². The van der Waals surface area contributed by atoms with Crippen LogP contribution in [-0.4, -0.2) is 19.5 Å². The fourth-order valence-corrected chi connectivity index (χ4v) is 7.36. The summed E-state index contributed by atoms with van der Waals surface area (Å²) in [6.45, 7) is 0. The van der Waals surface area contributed by atoms with Gasteiger partial charge in [0.05, 0.1) is 34.5 Å². The quantitative estimate of drug-likeness (QED) is 0.183. The van der Waals surface area contributed by atoms with Crippen molar-refractivity contribution >= 4 is 53.3 Å². The normalized spacial score (nSPS) is 15.2. The van der Waals surface area contributed by atoms with Gasteiger partial charge < -0.3 is 4.57 Å². The molecule has 0 spiro atoms. The van der Waals surface area contributed by atoms with Crippen LogP contribution in [0.1, 0.15) is 17.8 Å². The minimum atomic E-state index is -0.499. The Hall–Kier alpha value is -6.43. The lowest BCUT2D eigenvalue weighted by molar-refractivity contribution is 1.06. The molecule has 4 nitrogen and oxygen atoms in total. The number of thiophene rings is 1. The molecule has 7 aromatic carbocycles. The van der Waals surface area contributed by atoms with E-state index in [0.717, 1.165) is 11.3 Å². The lowest BCUT2D eigenvalue weighted by atomic mass is 9.99. The van der Waals surface area contributed by atoms with E-state index >= 15 is 0 Å². The molecule has 0 amide bonds. The molecular weight excluding hydrogens is 629 g/mol. The van der Waals surface area contributed by atoms with E-state index in [1.807, 2.05) is 60.7 Å². The highest BCUT2D eigenvalue weighted by atomic mass is 32.1. The standard InChI is InChI=1S/C45H28N4S/c1-3-14-29(15-4-1)43-46-44(30-16-5-2-6-17-30)48-45(47-43)37-27-26-31(32-21-13-22-36-35-20-9-12-25-41(35)50-42(32)36)28-40(37)49-38-23-10-7-18-33(38)34-19-8-11-24-39(34)49/h1-28H/i7D,8D,9D,12D,13D,18D,19D,20D,21D,22D,23D,24D,25D. The van der Waals surface area contributed by atoms with Crippen LogP contribution in [0, 0.1) is 0 Å². The number of benzene rings is 7. The van der Waals surface area contributed by atoms with Crippen molar-refractivity contribution in [1.82, 2.24) is 19.5 Å². The zero-order valence-corrected chi connectivity index (χ0v) is 26.7. The van der Waals surface area contributed by atoms with Gasteiger partial charge in [-0.3, -0.25) is 0 Å². The van der Waals surface area contributed by atoms with Crippen LogP contribution in [0.2, 0.25) is 0 Å². The molecule has 5 heteroatoms. The van der Waals surface area contributed by atoms with Gasteiger partial charge in [-0.1, -0.05) is 139 Å². The van der Waals surface area contributed by atoms with Gasteiger partial charge in [0.25, 0.3) is 0 Å². The first-order chi connectivity index (χ1) is 30.2. The third-order valence-corrected chi connectivity index (χ3v) is 9.65. The molecule has 0 radical (unpaired) electrons. The smallest absolute Gasteiger partial charge is 0.166 e. The van der Waals surface area contributed by atoms with Gasteiger partial charge in [0.2, 0.25) is 0 Å². The molecule has 10 aromatic rings. The monoisotopic (exact) mass is 669 g/mol. The first-order valence-corrected chi connectivity index (χ1v) is 16.5. The molecule has 0 fully saturated rings. The van der Waals surface area contributed by atoms with Crippen molar-refractivity contribution in [1.29, 1.82) is 0 Å². The lowest BCUT2D eigenvalue weighted by Gasteiger charge is -2.16. The van der Waals surface area contributed by atoms with E-state index in [1.54, 1.807) is 18.2 Å². The highest BCUT2D eigenvalue weighted by Gasteiger charge is 2.21. The van der Waals surface area contributed by atoms with Gasteiger partial charge in [-0.15, -0.1) is 11.3 Å². The number of para-hydroxylation sites is 2. The average Bonchev–Trinajstić information content (AvgIpc) is 3.87. The maximum absolute atomic E-state index is 9.30. The molecule has 3 heterocycles. The lowest BCUT2D eigenvalue weighted by Crippen LogP contribution is -2.04. The zero-order chi connectivity index (χ0) is 44.3. The summed E-state index contributed by atoms with van der Waals surface area (Å²) in [5, 5.41) is 0.178. The van der Waals surface area contributed by atoms with E-state index in [4.69, 9.17) is 28.7 Å². The summed E-state index contributed by atoms with van der Waals surface area (Å²) in [7, 11) is 0.